The molecule has 1 fully saturated rings. The monoisotopic (exact) mass is 242 g/mol. The summed E-state index contributed by atoms with van der Waals surface area (Å²) in [7, 11) is 0. The van der Waals surface area contributed by atoms with E-state index in [-0.39, 0.29) is 5.91 Å². The third-order valence-corrected chi connectivity index (χ3v) is 3.18. The van der Waals surface area contributed by atoms with E-state index in [2.05, 4.69) is 10.5 Å². The number of alkyl halides is 1. The van der Waals surface area contributed by atoms with Crippen LogP contribution in [0.2, 0.25) is 0 Å². The number of nitrogens with one attached hydrogen (secondary N) is 1. The summed E-state index contributed by atoms with van der Waals surface area (Å²) >= 11 is 5.66. The predicted molar refractivity (Wildman–Crippen MR) is 60.3 cm³/mol. The van der Waals surface area contributed by atoms with Gasteiger partial charge in [0.15, 0.2) is 0 Å². The van der Waals surface area contributed by atoms with Crippen LogP contribution in [0, 0.1) is 0 Å². The van der Waals surface area contributed by atoms with Crippen molar-refractivity contribution in [3.8, 4) is 0 Å². The van der Waals surface area contributed by atoms with Crippen LogP contribution >= 0.6 is 11.6 Å². The van der Waals surface area contributed by atoms with Crippen molar-refractivity contribution in [2.75, 3.05) is 0 Å². The highest BCUT2D eigenvalue weighted by atomic mass is 35.5. The fraction of sp³-hybridized carbons (Fsp3) is 0.636. The largest absolute Gasteiger partial charge is 0.364 e. The van der Waals surface area contributed by atoms with Crippen LogP contribution in [0.15, 0.2) is 10.8 Å². The minimum absolute atomic E-state index is 0.164. The molecule has 0 bridgehead atoms. The smallest absolute Gasteiger partial charge is 0.238 e. The van der Waals surface area contributed by atoms with Gasteiger partial charge < -0.3 is 9.84 Å². The van der Waals surface area contributed by atoms with E-state index in [1.807, 2.05) is 0 Å². The third-order valence-electron chi connectivity index (χ3n) is 2.98. The Morgan fingerprint density at radius 3 is 3.06 bits per heavy atom. The summed E-state index contributed by atoms with van der Waals surface area (Å²) in [6.45, 7) is 2.10. The third kappa shape index (κ3) is 2.38. The fourth-order valence-electron chi connectivity index (χ4n) is 1.74. The Morgan fingerprint density at radius 2 is 2.50 bits per heavy atom. The maximum atomic E-state index is 11.3. The van der Waals surface area contributed by atoms with Crippen molar-refractivity contribution in [1.29, 1.82) is 0 Å². The second kappa shape index (κ2) is 4.87. The molecule has 0 spiro atoms. The maximum absolute atomic E-state index is 11.3. The van der Waals surface area contributed by atoms with Crippen LogP contribution in [0.3, 0.4) is 0 Å². The molecule has 0 radical (unpaired) electrons. The van der Waals surface area contributed by atoms with Gasteiger partial charge in [-0.05, 0) is 19.8 Å². The quantitative estimate of drug-likeness (QED) is 0.824. The number of carbonyl (C=O) groups is 1. The molecule has 1 aromatic rings. The molecule has 5 heteroatoms. The molecule has 0 saturated heterocycles. The fourth-order valence-corrected chi connectivity index (χ4v) is 1.82. The Bertz CT molecular complexity index is 372. The number of halogens is 1. The number of nitrogens with zero attached hydrogens (tertiary/aromatic N) is 1. The first kappa shape index (κ1) is 11.5. The molecule has 1 amide bonds. The number of hydrogen-bond acceptors (Lipinski definition) is 3. The molecule has 0 aliphatic heterocycles. The Labute approximate surface area is 99.3 Å². The molecular formula is C11H15ClN2O2. The molecule has 0 aromatic carbocycles. The lowest BCUT2D eigenvalue weighted by molar-refractivity contribution is -0.120. The molecule has 1 aliphatic carbocycles. The second-order valence-corrected chi connectivity index (χ2v) is 4.84. The van der Waals surface area contributed by atoms with Gasteiger partial charge in [0.2, 0.25) is 5.91 Å². The Balaban J connectivity index is 1.93. The molecule has 1 aromatic heterocycles. The number of carbonyl (C=O) groups excluding carboxylic acids is 1. The van der Waals surface area contributed by atoms with Crippen LogP contribution < -0.4 is 5.32 Å². The zero-order valence-electron chi connectivity index (χ0n) is 9.20. The summed E-state index contributed by atoms with van der Waals surface area (Å²) in [6, 6.07) is 0. The van der Waals surface area contributed by atoms with E-state index >= 15 is 0 Å². The molecule has 2 rings (SSSR count). The van der Waals surface area contributed by atoms with E-state index in [0.717, 1.165) is 11.3 Å². The van der Waals surface area contributed by atoms with Crippen LogP contribution in [0.25, 0.3) is 0 Å². The van der Waals surface area contributed by atoms with Gasteiger partial charge in [0.1, 0.15) is 11.6 Å². The summed E-state index contributed by atoms with van der Waals surface area (Å²) in [5.74, 6) is 0.349. The zero-order chi connectivity index (χ0) is 11.5. The average molecular weight is 243 g/mol. The zero-order valence-corrected chi connectivity index (χ0v) is 9.96. The second-order valence-electron chi connectivity index (χ2n) is 4.19. The van der Waals surface area contributed by atoms with Crippen LogP contribution in [0.5, 0.6) is 0 Å². The van der Waals surface area contributed by atoms with Gasteiger partial charge in [-0.3, -0.25) is 4.79 Å². The summed E-state index contributed by atoms with van der Waals surface area (Å²) in [5.41, 5.74) is 1.96. The normalized spacial score (nSPS) is 17.9. The Morgan fingerprint density at radius 1 is 1.75 bits per heavy atom. The van der Waals surface area contributed by atoms with Gasteiger partial charge >= 0.3 is 0 Å². The van der Waals surface area contributed by atoms with E-state index in [9.17, 15) is 4.79 Å². The van der Waals surface area contributed by atoms with E-state index in [4.69, 9.17) is 16.1 Å². The average Bonchev–Trinajstić information content (AvgIpc) is 2.59. The van der Waals surface area contributed by atoms with Crippen molar-refractivity contribution in [2.45, 2.75) is 44.0 Å². The molecule has 1 heterocycles. The first-order valence-corrected chi connectivity index (χ1v) is 5.97. The summed E-state index contributed by atoms with van der Waals surface area (Å²) in [6.07, 6.45) is 5.19. The highest BCUT2D eigenvalue weighted by Gasteiger charge is 2.25. The molecule has 1 aliphatic rings. The number of amides is 1. The minimum atomic E-state index is -0.507. The lowest BCUT2D eigenvalue weighted by atomic mass is 9.81. The lowest BCUT2D eigenvalue weighted by Crippen LogP contribution is -2.29. The lowest BCUT2D eigenvalue weighted by Gasteiger charge is -2.23. The van der Waals surface area contributed by atoms with Crippen LogP contribution in [0.4, 0.5) is 0 Å². The van der Waals surface area contributed by atoms with Crippen molar-refractivity contribution < 1.29 is 9.32 Å². The van der Waals surface area contributed by atoms with Crippen molar-refractivity contribution in [3.63, 3.8) is 0 Å². The van der Waals surface area contributed by atoms with Crippen molar-refractivity contribution >= 4 is 17.5 Å². The molecule has 4 nitrogen and oxygen atoms in total. The van der Waals surface area contributed by atoms with Gasteiger partial charge in [-0.1, -0.05) is 11.6 Å². The maximum Gasteiger partial charge on any atom is 0.238 e. The first-order chi connectivity index (χ1) is 7.68. The van der Waals surface area contributed by atoms with Crippen LogP contribution in [-0.2, 0) is 11.3 Å². The molecule has 16 heavy (non-hydrogen) atoms. The molecule has 1 N–H and O–H groups in total. The summed E-state index contributed by atoms with van der Waals surface area (Å²) in [4.78, 5) is 11.3. The first-order valence-electron chi connectivity index (χ1n) is 5.53. The molecule has 1 atom stereocenters. The van der Waals surface area contributed by atoms with Gasteiger partial charge in [0, 0.05) is 18.0 Å². The topological polar surface area (TPSA) is 55.1 Å². The number of aromatic nitrogens is 1. The van der Waals surface area contributed by atoms with E-state index < -0.39 is 5.38 Å². The van der Waals surface area contributed by atoms with E-state index in [1.54, 1.807) is 13.2 Å². The molecule has 1 saturated carbocycles. The number of hydrogen-bond donors (Lipinski definition) is 1. The summed E-state index contributed by atoms with van der Waals surface area (Å²) in [5, 5.41) is 6.25. The van der Waals surface area contributed by atoms with Gasteiger partial charge in [0.05, 0.1) is 5.69 Å². The minimum Gasteiger partial charge on any atom is -0.364 e. The number of rotatable bonds is 4. The van der Waals surface area contributed by atoms with Gasteiger partial charge in [-0.15, -0.1) is 11.6 Å². The van der Waals surface area contributed by atoms with Gasteiger partial charge in [-0.2, -0.15) is 0 Å². The highest BCUT2D eigenvalue weighted by Crippen LogP contribution is 2.36. The Kier molecular flexibility index (Phi) is 3.49. The summed E-state index contributed by atoms with van der Waals surface area (Å²) < 4.78 is 4.96. The van der Waals surface area contributed by atoms with Crippen LogP contribution in [0.1, 0.15) is 43.4 Å². The van der Waals surface area contributed by atoms with E-state index in [0.29, 0.717) is 12.5 Å². The Hall–Kier alpha value is -1.03. The van der Waals surface area contributed by atoms with Crippen molar-refractivity contribution in [1.82, 2.24) is 10.5 Å². The van der Waals surface area contributed by atoms with Crippen molar-refractivity contribution in [3.05, 3.63) is 17.5 Å². The molecule has 88 valence electrons. The van der Waals surface area contributed by atoms with Gasteiger partial charge in [0.25, 0.3) is 0 Å². The van der Waals surface area contributed by atoms with E-state index in [1.165, 1.54) is 19.3 Å². The SMILES string of the molecule is CC(Cl)C(=O)NCc1conc1C1CCC1. The standard InChI is InChI=1S/C11H15ClN2O2/c1-7(12)11(15)13-5-9-6-16-14-10(9)8-3-2-4-8/h6-8H,2-5H2,1H3,(H,13,15). The molecular weight excluding hydrogens is 228 g/mol. The van der Waals surface area contributed by atoms with Crippen molar-refractivity contribution in [2.24, 2.45) is 0 Å². The highest BCUT2D eigenvalue weighted by molar-refractivity contribution is 6.30. The molecule has 1 unspecified atom stereocenters. The predicted octanol–water partition coefficient (Wildman–Crippen LogP) is 2.19. The van der Waals surface area contributed by atoms with Gasteiger partial charge in [-0.25, -0.2) is 0 Å². The van der Waals surface area contributed by atoms with Crippen LogP contribution in [-0.4, -0.2) is 16.4 Å².